The van der Waals surface area contributed by atoms with Crippen molar-refractivity contribution >= 4 is 17.9 Å². The summed E-state index contributed by atoms with van der Waals surface area (Å²) in [4.78, 5) is 38.5. The molecule has 0 aromatic heterocycles. The highest BCUT2D eigenvalue weighted by Crippen LogP contribution is 2.16. The van der Waals surface area contributed by atoms with Gasteiger partial charge >= 0.3 is 17.9 Å². The maximum Gasteiger partial charge on any atom is 0.306 e. The smallest absolute Gasteiger partial charge is 0.306 e. The van der Waals surface area contributed by atoms with Gasteiger partial charge in [0.25, 0.3) is 0 Å². The highest BCUT2D eigenvalue weighted by atomic mass is 16.6. The molecule has 0 aromatic rings. The molecule has 470 valence electrons. The highest BCUT2D eigenvalue weighted by Gasteiger charge is 2.19. The number of hydrogen-bond acceptors (Lipinski definition) is 6. The molecule has 1 atom stereocenters. The molecule has 0 heterocycles. The Hall–Kier alpha value is -4.71. The molecule has 0 saturated heterocycles. The summed E-state index contributed by atoms with van der Waals surface area (Å²) in [5.41, 5.74) is 0. The second-order valence-electron chi connectivity index (χ2n) is 22.3. The molecular formula is C77H126O6. The number of carbonyl (C=O) groups excluding carboxylic acids is 3. The first kappa shape index (κ1) is 78.3. The van der Waals surface area contributed by atoms with E-state index in [-0.39, 0.29) is 31.1 Å². The first-order valence-electron chi connectivity index (χ1n) is 34.3. The predicted octanol–water partition coefficient (Wildman–Crippen LogP) is 23.9. The Morgan fingerprint density at radius 2 is 0.434 bits per heavy atom. The largest absolute Gasteiger partial charge is 0.462 e. The minimum absolute atomic E-state index is 0.0907. The van der Waals surface area contributed by atoms with Gasteiger partial charge in [0.2, 0.25) is 0 Å². The molecule has 0 radical (unpaired) electrons. The lowest BCUT2D eigenvalue weighted by Crippen LogP contribution is -2.30. The fourth-order valence-corrected chi connectivity index (χ4v) is 9.30. The van der Waals surface area contributed by atoms with Gasteiger partial charge in [0.15, 0.2) is 6.10 Å². The lowest BCUT2D eigenvalue weighted by molar-refractivity contribution is -0.167. The monoisotopic (exact) mass is 1150 g/mol. The van der Waals surface area contributed by atoms with Crippen molar-refractivity contribution in [2.45, 2.75) is 309 Å². The Kier molecular flexibility index (Phi) is 65.8. The Bertz CT molecular complexity index is 1800. The molecule has 6 heteroatoms. The van der Waals surface area contributed by atoms with Crippen LogP contribution in [0.25, 0.3) is 0 Å². The van der Waals surface area contributed by atoms with E-state index in [1.165, 1.54) is 116 Å². The van der Waals surface area contributed by atoms with E-state index < -0.39 is 6.10 Å². The van der Waals surface area contributed by atoms with Crippen LogP contribution in [0, 0.1) is 0 Å². The van der Waals surface area contributed by atoms with Gasteiger partial charge in [-0.1, -0.05) is 295 Å². The SMILES string of the molecule is CC/C=C\C/C=C\C/C=C\C/C=C\C/C=C\CCCCCCCCCC(=O)OC(COC(=O)CCCCCCCCC/C=C\C/C=C\C/C=C\CC)COC(=O)CCCCCCCCCCCCCC/C=C\C/C=C\C/C=C\C/C=C\CC. The average Bonchev–Trinajstić information content (AvgIpc) is 3.49. The summed E-state index contributed by atoms with van der Waals surface area (Å²) in [6.45, 7) is 6.31. The Labute approximate surface area is 512 Å². The number of ether oxygens (including phenoxy) is 3. The van der Waals surface area contributed by atoms with Crippen LogP contribution in [0.3, 0.4) is 0 Å². The van der Waals surface area contributed by atoms with Gasteiger partial charge < -0.3 is 14.2 Å². The molecule has 0 bridgehead atoms. The van der Waals surface area contributed by atoms with E-state index in [1.807, 2.05) is 0 Å². The first-order valence-corrected chi connectivity index (χ1v) is 34.3. The number of carbonyl (C=O) groups is 3. The number of rotatable bonds is 61. The van der Waals surface area contributed by atoms with E-state index >= 15 is 0 Å². The number of unbranched alkanes of at least 4 members (excludes halogenated alkanes) is 26. The average molecular weight is 1150 g/mol. The topological polar surface area (TPSA) is 78.9 Å². The van der Waals surface area contributed by atoms with Crippen molar-refractivity contribution in [1.29, 1.82) is 0 Å². The molecule has 0 saturated carbocycles. The summed E-state index contributed by atoms with van der Waals surface area (Å²) in [6.07, 6.45) is 100.0. The zero-order chi connectivity index (χ0) is 59.9. The lowest BCUT2D eigenvalue weighted by Gasteiger charge is -2.18. The predicted molar refractivity (Wildman–Crippen MR) is 362 cm³/mol. The molecule has 0 aliphatic carbocycles. The Morgan fingerprint density at radius 1 is 0.241 bits per heavy atom. The normalized spacial score (nSPS) is 13.0. The van der Waals surface area contributed by atoms with E-state index in [1.54, 1.807) is 0 Å². The van der Waals surface area contributed by atoms with Crippen molar-refractivity contribution in [2.75, 3.05) is 13.2 Å². The Morgan fingerprint density at radius 3 is 0.675 bits per heavy atom. The molecule has 0 aliphatic heterocycles. The second kappa shape index (κ2) is 69.8. The molecule has 6 nitrogen and oxygen atoms in total. The van der Waals surface area contributed by atoms with Crippen LogP contribution in [0.1, 0.15) is 303 Å². The molecule has 0 aromatic carbocycles. The van der Waals surface area contributed by atoms with Gasteiger partial charge in [-0.15, -0.1) is 0 Å². The van der Waals surface area contributed by atoms with E-state index in [2.05, 4.69) is 167 Å². The van der Waals surface area contributed by atoms with Crippen LogP contribution in [0.2, 0.25) is 0 Å². The van der Waals surface area contributed by atoms with Crippen LogP contribution in [-0.4, -0.2) is 37.2 Å². The number of allylic oxidation sites excluding steroid dienone is 24. The third kappa shape index (κ3) is 68.0. The molecular weight excluding hydrogens is 1020 g/mol. The maximum absolute atomic E-state index is 13.0. The molecule has 0 amide bonds. The van der Waals surface area contributed by atoms with Crippen LogP contribution in [-0.2, 0) is 28.6 Å². The third-order valence-electron chi connectivity index (χ3n) is 14.3. The van der Waals surface area contributed by atoms with Crippen LogP contribution < -0.4 is 0 Å². The van der Waals surface area contributed by atoms with Crippen LogP contribution >= 0.6 is 0 Å². The fraction of sp³-hybridized carbons (Fsp3) is 0.649. The van der Waals surface area contributed by atoms with E-state index in [9.17, 15) is 14.4 Å². The Balaban J connectivity index is 4.41. The summed E-state index contributed by atoms with van der Waals surface area (Å²) in [7, 11) is 0. The molecule has 83 heavy (non-hydrogen) atoms. The van der Waals surface area contributed by atoms with E-state index in [0.717, 1.165) is 148 Å². The lowest BCUT2D eigenvalue weighted by atomic mass is 10.0. The van der Waals surface area contributed by atoms with Gasteiger partial charge in [-0.25, -0.2) is 0 Å². The quantitative estimate of drug-likeness (QED) is 0.0261. The highest BCUT2D eigenvalue weighted by molar-refractivity contribution is 5.71. The molecule has 0 spiro atoms. The molecule has 1 unspecified atom stereocenters. The molecule has 0 aliphatic rings. The maximum atomic E-state index is 13.0. The van der Waals surface area contributed by atoms with Gasteiger partial charge in [0.05, 0.1) is 0 Å². The molecule has 0 rings (SSSR count). The summed E-state index contributed by atoms with van der Waals surface area (Å²) >= 11 is 0. The fourth-order valence-electron chi connectivity index (χ4n) is 9.30. The summed E-state index contributed by atoms with van der Waals surface area (Å²) in [5, 5.41) is 0. The third-order valence-corrected chi connectivity index (χ3v) is 14.3. The zero-order valence-corrected chi connectivity index (χ0v) is 53.9. The number of hydrogen-bond donors (Lipinski definition) is 0. The standard InChI is InChI=1S/C77H126O6/c1-4-7-10-13-16-19-22-25-28-31-33-35-37-38-40-41-43-46-49-52-55-58-61-64-67-70-76(79)82-73-74(72-81-75(78)69-66-63-60-57-54-51-48-45-30-27-24-21-18-15-12-9-6-3)83-77(80)71-68-65-62-59-56-53-50-47-44-42-39-36-34-32-29-26-23-20-17-14-11-8-5-2/h7-12,16-21,25-30,33-36,42,44,74H,4-6,13-15,22-24,31-32,37-41,43,45-73H2,1-3H3/b10-7-,11-8-,12-9-,19-16-,20-17-,21-18-,28-25-,29-26-,30-27-,35-33-,36-34-,44-42-. The van der Waals surface area contributed by atoms with Crippen LogP contribution in [0.15, 0.2) is 146 Å². The first-order chi connectivity index (χ1) is 41.0. The van der Waals surface area contributed by atoms with Crippen molar-refractivity contribution in [3.8, 4) is 0 Å². The van der Waals surface area contributed by atoms with Crippen molar-refractivity contribution in [3.05, 3.63) is 146 Å². The summed E-state index contributed by atoms with van der Waals surface area (Å²) in [6, 6.07) is 0. The minimum atomic E-state index is -0.797. The van der Waals surface area contributed by atoms with Crippen molar-refractivity contribution in [1.82, 2.24) is 0 Å². The van der Waals surface area contributed by atoms with Gasteiger partial charge in [-0.2, -0.15) is 0 Å². The summed E-state index contributed by atoms with van der Waals surface area (Å²) < 4.78 is 17.0. The van der Waals surface area contributed by atoms with Gasteiger partial charge in [-0.3, -0.25) is 14.4 Å². The van der Waals surface area contributed by atoms with Crippen LogP contribution in [0.4, 0.5) is 0 Å². The van der Waals surface area contributed by atoms with Crippen molar-refractivity contribution in [3.63, 3.8) is 0 Å². The zero-order valence-electron chi connectivity index (χ0n) is 53.9. The van der Waals surface area contributed by atoms with Gasteiger partial charge in [-0.05, 0) is 135 Å². The van der Waals surface area contributed by atoms with Crippen molar-refractivity contribution in [2.24, 2.45) is 0 Å². The van der Waals surface area contributed by atoms with Gasteiger partial charge in [0.1, 0.15) is 13.2 Å². The minimum Gasteiger partial charge on any atom is -0.462 e. The number of esters is 3. The van der Waals surface area contributed by atoms with E-state index in [0.29, 0.717) is 19.3 Å². The van der Waals surface area contributed by atoms with Crippen LogP contribution in [0.5, 0.6) is 0 Å². The van der Waals surface area contributed by atoms with Crippen molar-refractivity contribution < 1.29 is 28.6 Å². The second-order valence-corrected chi connectivity index (χ2v) is 22.3. The summed E-state index contributed by atoms with van der Waals surface area (Å²) in [5.74, 6) is -0.908. The van der Waals surface area contributed by atoms with E-state index in [4.69, 9.17) is 14.2 Å². The molecule has 0 fully saturated rings. The molecule has 0 N–H and O–H groups in total. The van der Waals surface area contributed by atoms with Gasteiger partial charge in [0, 0.05) is 19.3 Å².